The molecule has 3 N–H and O–H groups in total. The van der Waals surface area contributed by atoms with Gasteiger partial charge in [-0.25, -0.2) is 13.4 Å². The van der Waals surface area contributed by atoms with Gasteiger partial charge in [0, 0.05) is 12.5 Å². The minimum absolute atomic E-state index is 0.0243. The van der Waals surface area contributed by atoms with Crippen LogP contribution in [0.5, 0.6) is 5.75 Å². The highest BCUT2D eigenvalue weighted by molar-refractivity contribution is 7.92. The highest BCUT2D eigenvalue weighted by Gasteiger charge is 2.21. The van der Waals surface area contributed by atoms with Crippen LogP contribution in [0.25, 0.3) is 10.4 Å². The number of aryl methyl sites for hydroxylation is 2. The molecule has 0 atom stereocenters. The number of carbonyl (C=O) groups excluding carboxylic acids is 1. The van der Waals surface area contributed by atoms with E-state index in [2.05, 4.69) is 15.0 Å². The molecular weight excluding hydrogens is 470 g/mol. The second-order valence-electron chi connectivity index (χ2n) is 8.81. The number of phenols is 1. The first kappa shape index (κ1) is 24.2. The fourth-order valence-electron chi connectivity index (χ4n) is 4.34. The maximum atomic E-state index is 13.1. The van der Waals surface area contributed by atoms with E-state index in [0.29, 0.717) is 28.6 Å². The van der Waals surface area contributed by atoms with Crippen molar-refractivity contribution in [1.29, 1.82) is 0 Å². The Balaban J connectivity index is 1.52. The average molecular weight is 500 g/mol. The normalized spacial score (nSPS) is 14.3. The van der Waals surface area contributed by atoms with Crippen molar-refractivity contribution >= 4 is 38.1 Å². The number of anilines is 2. The summed E-state index contributed by atoms with van der Waals surface area (Å²) in [5, 5.41) is 13.1. The van der Waals surface area contributed by atoms with Crippen molar-refractivity contribution in [1.82, 2.24) is 4.98 Å². The van der Waals surface area contributed by atoms with Gasteiger partial charge in [0.15, 0.2) is 5.13 Å². The lowest BCUT2D eigenvalue weighted by Gasteiger charge is -2.12. The van der Waals surface area contributed by atoms with Crippen molar-refractivity contribution < 1.29 is 18.3 Å². The Morgan fingerprint density at radius 1 is 1.15 bits per heavy atom. The van der Waals surface area contributed by atoms with Gasteiger partial charge in [0.2, 0.25) is 5.91 Å². The van der Waals surface area contributed by atoms with E-state index in [1.54, 1.807) is 31.2 Å². The van der Waals surface area contributed by atoms with Gasteiger partial charge in [-0.3, -0.25) is 9.52 Å². The summed E-state index contributed by atoms with van der Waals surface area (Å²) in [6, 6.07) is 11.2. The van der Waals surface area contributed by atoms with Gasteiger partial charge in [-0.15, -0.1) is 0 Å². The Kier molecular flexibility index (Phi) is 7.23. The molecule has 3 aromatic rings. The van der Waals surface area contributed by atoms with Crippen LogP contribution in [0.4, 0.5) is 10.8 Å². The van der Waals surface area contributed by atoms with Crippen LogP contribution in [0.3, 0.4) is 0 Å². The first-order valence-electron chi connectivity index (χ1n) is 11.4. The second-order valence-corrected chi connectivity index (χ2v) is 11.5. The van der Waals surface area contributed by atoms with Crippen molar-refractivity contribution in [2.75, 3.05) is 10.0 Å². The van der Waals surface area contributed by atoms with Crippen molar-refractivity contribution in [3.05, 3.63) is 53.7 Å². The predicted octanol–water partition coefficient (Wildman–Crippen LogP) is 5.84. The van der Waals surface area contributed by atoms with Gasteiger partial charge in [0.05, 0.1) is 21.2 Å². The Hall–Kier alpha value is -2.91. The molecule has 1 aliphatic rings. The molecule has 0 unspecified atom stereocenters. The molecule has 1 saturated carbocycles. The van der Waals surface area contributed by atoms with E-state index in [9.17, 15) is 18.3 Å². The lowest BCUT2D eigenvalue weighted by molar-refractivity contribution is -0.116. The molecule has 7 nitrogen and oxygen atoms in total. The highest BCUT2D eigenvalue weighted by atomic mass is 32.2. The predicted molar refractivity (Wildman–Crippen MR) is 136 cm³/mol. The molecule has 1 fully saturated rings. The van der Waals surface area contributed by atoms with Crippen LogP contribution in [0.2, 0.25) is 0 Å². The van der Waals surface area contributed by atoms with Crippen LogP contribution in [0.15, 0.2) is 47.4 Å². The first-order valence-corrected chi connectivity index (χ1v) is 13.7. The molecule has 9 heteroatoms. The smallest absolute Gasteiger partial charge is 0.262 e. The molecule has 180 valence electrons. The van der Waals surface area contributed by atoms with Crippen LogP contribution in [0.1, 0.15) is 49.8 Å². The summed E-state index contributed by atoms with van der Waals surface area (Å²) < 4.78 is 28.7. The fourth-order valence-corrected chi connectivity index (χ4v) is 6.64. The fraction of sp³-hybridized carbons (Fsp3) is 0.360. The number of rotatable bonds is 8. The van der Waals surface area contributed by atoms with Crippen molar-refractivity contribution in [3.8, 4) is 16.2 Å². The number of phenolic OH excluding ortho intramolecular Hbond substituents is 1. The topological polar surface area (TPSA) is 108 Å². The van der Waals surface area contributed by atoms with Gasteiger partial charge < -0.3 is 10.4 Å². The number of thiazole rings is 1. The van der Waals surface area contributed by atoms with Gasteiger partial charge in [-0.2, -0.15) is 0 Å². The van der Waals surface area contributed by atoms with Gasteiger partial charge in [-0.05, 0) is 55.5 Å². The molecule has 1 aliphatic carbocycles. The Bertz CT molecular complexity index is 1300. The minimum Gasteiger partial charge on any atom is -0.508 e. The van der Waals surface area contributed by atoms with Crippen molar-refractivity contribution in [2.45, 2.75) is 57.3 Å². The minimum atomic E-state index is -3.88. The van der Waals surface area contributed by atoms with Crippen LogP contribution in [-0.2, 0) is 14.8 Å². The molecule has 2 aromatic carbocycles. The average Bonchev–Trinajstić information content (AvgIpc) is 3.42. The molecule has 0 spiro atoms. The number of nitrogens with one attached hydrogen (secondary N) is 2. The van der Waals surface area contributed by atoms with E-state index in [4.69, 9.17) is 0 Å². The van der Waals surface area contributed by atoms with Gasteiger partial charge >= 0.3 is 0 Å². The summed E-state index contributed by atoms with van der Waals surface area (Å²) in [4.78, 5) is 17.8. The monoisotopic (exact) mass is 499 g/mol. The molecule has 1 amide bonds. The third kappa shape index (κ3) is 5.77. The van der Waals surface area contributed by atoms with Gasteiger partial charge in [-0.1, -0.05) is 55.2 Å². The summed E-state index contributed by atoms with van der Waals surface area (Å²) in [7, 11) is -3.88. The van der Waals surface area contributed by atoms with Crippen LogP contribution >= 0.6 is 11.3 Å². The summed E-state index contributed by atoms with van der Waals surface area (Å²) in [6.07, 6.45) is 6.36. The largest absolute Gasteiger partial charge is 0.508 e. The Morgan fingerprint density at radius 3 is 2.65 bits per heavy atom. The van der Waals surface area contributed by atoms with E-state index in [-0.39, 0.29) is 22.2 Å². The van der Waals surface area contributed by atoms with Crippen molar-refractivity contribution in [3.63, 3.8) is 0 Å². The highest BCUT2D eigenvalue weighted by Crippen LogP contribution is 2.35. The van der Waals surface area contributed by atoms with Crippen molar-refractivity contribution in [2.24, 2.45) is 5.92 Å². The van der Waals surface area contributed by atoms with Gasteiger partial charge in [0.25, 0.3) is 10.0 Å². The summed E-state index contributed by atoms with van der Waals surface area (Å²) in [6.45, 7) is 3.58. The SMILES string of the molecule is Cc1ccc(-c2sc(NC(=O)CCC3CCCC3)nc2C)cc1S(=O)(=O)Nc1cccc(O)c1. The lowest BCUT2D eigenvalue weighted by Crippen LogP contribution is -2.14. The quantitative estimate of drug-likeness (QED) is 0.361. The number of nitrogens with zero attached hydrogens (tertiary/aromatic N) is 1. The number of carbonyl (C=O) groups is 1. The third-order valence-electron chi connectivity index (χ3n) is 6.14. The number of hydrogen-bond donors (Lipinski definition) is 3. The Labute approximate surface area is 204 Å². The molecule has 0 bridgehead atoms. The number of benzene rings is 2. The maximum Gasteiger partial charge on any atom is 0.262 e. The Morgan fingerprint density at radius 2 is 1.91 bits per heavy atom. The molecule has 0 radical (unpaired) electrons. The van der Waals surface area contributed by atoms with E-state index in [1.807, 2.05) is 13.0 Å². The maximum absolute atomic E-state index is 13.1. The van der Waals surface area contributed by atoms with Crippen LogP contribution in [-0.4, -0.2) is 24.4 Å². The van der Waals surface area contributed by atoms with Crippen LogP contribution in [0, 0.1) is 19.8 Å². The molecular formula is C25H29N3O4S2. The molecule has 1 aromatic heterocycles. The summed E-state index contributed by atoms with van der Waals surface area (Å²) >= 11 is 1.34. The zero-order valence-electron chi connectivity index (χ0n) is 19.3. The van der Waals surface area contributed by atoms with E-state index < -0.39 is 10.0 Å². The molecule has 0 saturated heterocycles. The third-order valence-corrected chi connectivity index (χ3v) is 8.78. The molecule has 1 heterocycles. The summed E-state index contributed by atoms with van der Waals surface area (Å²) in [5.41, 5.74) is 2.31. The standard InChI is InChI=1S/C25H29N3O4S2/c1-16-10-12-19(14-22(16)34(31,32)28-20-8-5-9-21(29)15-20)24-17(2)26-25(33-24)27-23(30)13-11-18-6-3-4-7-18/h5,8-10,12,14-15,18,28-29H,3-4,6-7,11,13H2,1-2H3,(H,26,27,30). The number of hydrogen-bond acceptors (Lipinski definition) is 6. The molecule has 4 rings (SSSR count). The van der Waals surface area contributed by atoms with Gasteiger partial charge in [0.1, 0.15) is 5.75 Å². The molecule has 0 aliphatic heterocycles. The number of amides is 1. The summed E-state index contributed by atoms with van der Waals surface area (Å²) in [5.74, 6) is 0.596. The van der Waals surface area contributed by atoms with E-state index in [1.165, 1.54) is 49.2 Å². The number of aromatic hydroxyl groups is 1. The van der Waals surface area contributed by atoms with Crippen LogP contribution < -0.4 is 10.0 Å². The second kappa shape index (κ2) is 10.1. The number of sulfonamides is 1. The zero-order chi connectivity index (χ0) is 24.3. The lowest BCUT2D eigenvalue weighted by atomic mass is 10.0. The van der Waals surface area contributed by atoms with E-state index >= 15 is 0 Å². The number of aromatic nitrogens is 1. The van der Waals surface area contributed by atoms with E-state index in [0.717, 1.165) is 17.0 Å². The first-order chi connectivity index (χ1) is 16.2. The zero-order valence-corrected chi connectivity index (χ0v) is 20.9. The molecule has 34 heavy (non-hydrogen) atoms.